The molecule has 0 N–H and O–H groups in total. The number of ether oxygens (including phenoxy) is 2. The average Bonchev–Trinajstić information content (AvgIpc) is 3.36. The Morgan fingerprint density at radius 1 is 0.875 bits per heavy atom. The highest BCUT2D eigenvalue weighted by Crippen LogP contribution is 2.23. The first-order valence-corrected chi connectivity index (χ1v) is 7.13. The van der Waals surface area contributed by atoms with Gasteiger partial charge in [0.05, 0.1) is 6.26 Å². The van der Waals surface area contributed by atoms with Gasteiger partial charge >= 0.3 is 0 Å². The Morgan fingerprint density at radius 3 is 1.88 bits per heavy atom. The molecule has 0 saturated heterocycles. The van der Waals surface area contributed by atoms with Crippen molar-refractivity contribution in [3.05, 3.63) is 71.5 Å². The summed E-state index contributed by atoms with van der Waals surface area (Å²) in [5, 5.41) is 0. The van der Waals surface area contributed by atoms with Crippen molar-refractivity contribution >= 4 is 12.6 Å². The SMILES string of the molecule is O=Cc1ccc(COC(OCc2ccc(C=O)o2)c2ccco2)o1. The van der Waals surface area contributed by atoms with E-state index < -0.39 is 6.29 Å². The lowest BCUT2D eigenvalue weighted by atomic mass is 10.4. The molecule has 3 aromatic heterocycles. The fourth-order valence-corrected chi connectivity index (χ4v) is 2.02. The molecule has 0 aliphatic rings. The van der Waals surface area contributed by atoms with Crippen LogP contribution in [0.25, 0.3) is 0 Å². The van der Waals surface area contributed by atoms with Crippen LogP contribution >= 0.6 is 0 Å². The smallest absolute Gasteiger partial charge is 0.218 e. The molecule has 0 atom stereocenters. The molecule has 0 saturated carbocycles. The fraction of sp³-hybridized carbons (Fsp3) is 0.176. The van der Waals surface area contributed by atoms with E-state index in [0.29, 0.717) is 29.9 Å². The second-order valence-electron chi connectivity index (χ2n) is 4.81. The van der Waals surface area contributed by atoms with Gasteiger partial charge in [0.15, 0.2) is 29.9 Å². The van der Waals surface area contributed by atoms with E-state index >= 15 is 0 Å². The Labute approximate surface area is 136 Å². The molecule has 0 radical (unpaired) electrons. The van der Waals surface area contributed by atoms with Crippen molar-refractivity contribution in [1.82, 2.24) is 0 Å². The summed E-state index contributed by atoms with van der Waals surface area (Å²) in [6.07, 6.45) is 1.94. The standard InChI is InChI=1S/C17H14O7/c18-8-12-3-5-14(23-12)10-21-17(16-2-1-7-20-16)22-11-15-6-4-13(9-19)24-15/h1-9,17H,10-11H2. The Hall–Kier alpha value is -2.90. The summed E-state index contributed by atoms with van der Waals surface area (Å²) in [4.78, 5) is 21.2. The van der Waals surface area contributed by atoms with Crippen LogP contribution in [0.5, 0.6) is 0 Å². The molecule has 7 heteroatoms. The maximum atomic E-state index is 10.6. The number of hydrogen-bond acceptors (Lipinski definition) is 7. The Morgan fingerprint density at radius 2 is 1.46 bits per heavy atom. The third kappa shape index (κ3) is 3.89. The van der Waals surface area contributed by atoms with E-state index in [1.54, 1.807) is 36.4 Å². The highest BCUT2D eigenvalue weighted by molar-refractivity contribution is 5.70. The summed E-state index contributed by atoms with van der Waals surface area (Å²) in [5.74, 6) is 1.89. The van der Waals surface area contributed by atoms with E-state index in [2.05, 4.69) is 0 Å². The van der Waals surface area contributed by atoms with Crippen molar-refractivity contribution in [2.75, 3.05) is 0 Å². The lowest BCUT2D eigenvalue weighted by Gasteiger charge is -2.15. The average molecular weight is 330 g/mol. The largest absolute Gasteiger partial charge is 0.464 e. The minimum absolute atomic E-state index is 0.0942. The van der Waals surface area contributed by atoms with Crippen LogP contribution in [0.1, 0.15) is 44.7 Å². The Kier molecular flexibility index (Phi) is 5.05. The van der Waals surface area contributed by atoms with Gasteiger partial charge in [-0.2, -0.15) is 0 Å². The molecule has 7 nitrogen and oxygen atoms in total. The van der Waals surface area contributed by atoms with Gasteiger partial charge in [-0.05, 0) is 36.4 Å². The second kappa shape index (κ2) is 7.58. The van der Waals surface area contributed by atoms with E-state index in [0.717, 1.165) is 0 Å². The first-order valence-electron chi connectivity index (χ1n) is 7.13. The molecule has 0 spiro atoms. The van der Waals surface area contributed by atoms with Gasteiger partial charge in [0.1, 0.15) is 24.7 Å². The van der Waals surface area contributed by atoms with Crippen LogP contribution in [0.2, 0.25) is 0 Å². The van der Waals surface area contributed by atoms with Crippen molar-refractivity contribution in [1.29, 1.82) is 0 Å². The molecule has 0 aliphatic carbocycles. The van der Waals surface area contributed by atoms with E-state index in [1.807, 2.05) is 0 Å². The molecule has 0 aromatic carbocycles. The number of aldehydes is 2. The minimum Gasteiger partial charge on any atom is -0.464 e. The number of carbonyl (C=O) groups excluding carboxylic acids is 2. The van der Waals surface area contributed by atoms with Gasteiger partial charge in [0, 0.05) is 0 Å². The summed E-state index contributed by atoms with van der Waals surface area (Å²) >= 11 is 0. The molecule has 3 aromatic rings. The maximum absolute atomic E-state index is 10.6. The zero-order chi connectivity index (χ0) is 16.8. The highest BCUT2D eigenvalue weighted by Gasteiger charge is 2.18. The normalized spacial score (nSPS) is 11.0. The zero-order valence-electron chi connectivity index (χ0n) is 12.5. The molecule has 124 valence electrons. The van der Waals surface area contributed by atoms with Gasteiger partial charge in [-0.15, -0.1) is 0 Å². The van der Waals surface area contributed by atoms with Crippen molar-refractivity contribution in [2.45, 2.75) is 19.5 Å². The lowest BCUT2D eigenvalue weighted by molar-refractivity contribution is -0.176. The summed E-state index contributed by atoms with van der Waals surface area (Å²) in [6, 6.07) is 9.82. The molecule has 24 heavy (non-hydrogen) atoms. The topological polar surface area (TPSA) is 92.0 Å². The van der Waals surface area contributed by atoms with E-state index in [9.17, 15) is 9.59 Å². The van der Waals surface area contributed by atoms with Crippen LogP contribution in [-0.4, -0.2) is 12.6 Å². The molecule has 0 unspecified atom stereocenters. The Balaban J connectivity index is 1.62. The lowest BCUT2D eigenvalue weighted by Crippen LogP contribution is -2.08. The molecule has 0 aliphatic heterocycles. The van der Waals surface area contributed by atoms with Crippen LogP contribution < -0.4 is 0 Å². The van der Waals surface area contributed by atoms with Crippen molar-refractivity contribution in [2.24, 2.45) is 0 Å². The second-order valence-corrected chi connectivity index (χ2v) is 4.81. The number of carbonyl (C=O) groups is 2. The maximum Gasteiger partial charge on any atom is 0.218 e. The fourth-order valence-electron chi connectivity index (χ4n) is 2.02. The molecular formula is C17H14O7. The van der Waals surface area contributed by atoms with E-state index in [-0.39, 0.29) is 24.7 Å². The van der Waals surface area contributed by atoms with Gasteiger partial charge in [-0.1, -0.05) is 0 Å². The summed E-state index contributed by atoms with van der Waals surface area (Å²) in [5.41, 5.74) is 0. The molecule has 3 heterocycles. The minimum atomic E-state index is -0.797. The van der Waals surface area contributed by atoms with Gasteiger partial charge in [0.2, 0.25) is 6.29 Å². The number of rotatable bonds is 9. The molecule has 0 bridgehead atoms. The van der Waals surface area contributed by atoms with Gasteiger partial charge in [0.25, 0.3) is 0 Å². The van der Waals surface area contributed by atoms with Crippen molar-refractivity contribution < 1.29 is 32.3 Å². The Bertz CT molecular complexity index is 731. The van der Waals surface area contributed by atoms with Gasteiger partial charge in [-0.3, -0.25) is 9.59 Å². The first kappa shape index (κ1) is 16.0. The number of furan rings is 3. The predicted octanol–water partition coefficient (Wildman–Crippen LogP) is 3.52. The summed E-state index contributed by atoms with van der Waals surface area (Å²) in [7, 11) is 0. The molecule has 3 rings (SSSR count). The van der Waals surface area contributed by atoms with E-state index in [1.165, 1.54) is 6.26 Å². The molecule has 0 amide bonds. The molecule has 0 fully saturated rings. The zero-order valence-corrected chi connectivity index (χ0v) is 12.5. The monoisotopic (exact) mass is 330 g/mol. The van der Waals surface area contributed by atoms with E-state index in [4.69, 9.17) is 22.7 Å². The van der Waals surface area contributed by atoms with Crippen molar-refractivity contribution in [3.8, 4) is 0 Å². The quantitative estimate of drug-likeness (QED) is 0.438. The number of hydrogen-bond donors (Lipinski definition) is 0. The van der Waals surface area contributed by atoms with Crippen LogP contribution in [0, 0.1) is 0 Å². The van der Waals surface area contributed by atoms with Crippen LogP contribution in [0.3, 0.4) is 0 Å². The van der Waals surface area contributed by atoms with Crippen LogP contribution in [-0.2, 0) is 22.7 Å². The van der Waals surface area contributed by atoms with Gasteiger partial charge < -0.3 is 22.7 Å². The molecular weight excluding hydrogens is 316 g/mol. The van der Waals surface area contributed by atoms with Crippen LogP contribution in [0.15, 0.2) is 55.9 Å². The third-order valence-electron chi connectivity index (χ3n) is 3.13. The van der Waals surface area contributed by atoms with Crippen molar-refractivity contribution in [3.63, 3.8) is 0 Å². The first-order chi connectivity index (χ1) is 11.8. The summed E-state index contributed by atoms with van der Waals surface area (Å²) < 4.78 is 27.1. The highest BCUT2D eigenvalue weighted by atomic mass is 16.7. The third-order valence-corrected chi connectivity index (χ3v) is 3.13. The summed E-state index contributed by atoms with van der Waals surface area (Å²) in [6.45, 7) is 0.188. The van der Waals surface area contributed by atoms with Gasteiger partial charge in [-0.25, -0.2) is 0 Å². The van der Waals surface area contributed by atoms with Crippen LogP contribution in [0.4, 0.5) is 0 Å². The predicted molar refractivity (Wildman–Crippen MR) is 79.2 cm³/mol.